The molecule has 0 bridgehead atoms. The lowest BCUT2D eigenvalue weighted by Crippen LogP contribution is -2.53. The molecular formula is C16H25NO2. The van der Waals surface area contributed by atoms with Crippen LogP contribution in [0.2, 0.25) is 0 Å². The maximum atomic E-state index is 6.23. The molecule has 0 aliphatic carbocycles. The molecule has 0 aromatic heterocycles. The molecule has 0 amide bonds. The second-order valence-electron chi connectivity index (χ2n) is 6.50. The maximum Gasteiger partial charge on any atom is 0.122 e. The normalized spacial score (nSPS) is 18.0. The molecule has 0 spiro atoms. The third-order valence-corrected chi connectivity index (χ3v) is 4.08. The van der Waals surface area contributed by atoms with Crippen LogP contribution in [0.5, 0.6) is 5.75 Å². The van der Waals surface area contributed by atoms with E-state index in [1.54, 1.807) is 7.11 Å². The molecule has 106 valence electrons. The second-order valence-corrected chi connectivity index (χ2v) is 6.50. The van der Waals surface area contributed by atoms with Gasteiger partial charge in [0.05, 0.1) is 20.3 Å². The molecule has 19 heavy (non-hydrogen) atoms. The lowest BCUT2D eigenvalue weighted by atomic mass is 9.69. The summed E-state index contributed by atoms with van der Waals surface area (Å²) in [6.45, 7) is 9.97. The highest BCUT2D eigenvalue weighted by atomic mass is 16.5. The second kappa shape index (κ2) is 4.80. The topological polar surface area (TPSA) is 44.5 Å². The van der Waals surface area contributed by atoms with Crippen molar-refractivity contribution in [2.75, 3.05) is 20.3 Å². The molecule has 1 aliphatic heterocycles. The molecular weight excluding hydrogens is 238 g/mol. The van der Waals surface area contributed by atoms with Gasteiger partial charge in [-0.25, -0.2) is 0 Å². The third-order valence-electron chi connectivity index (χ3n) is 4.08. The Kier molecular flexibility index (Phi) is 3.63. The molecule has 1 saturated heterocycles. The van der Waals surface area contributed by atoms with Crippen molar-refractivity contribution >= 4 is 0 Å². The minimum Gasteiger partial charge on any atom is -0.496 e. The van der Waals surface area contributed by atoms with Gasteiger partial charge < -0.3 is 15.2 Å². The van der Waals surface area contributed by atoms with Gasteiger partial charge in [0.2, 0.25) is 0 Å². The van der Waals surface area contributed by atoms with Gasteiger partial charge in [0.15, 0.2) is 0 Å². The van der Waals surface area contributed by atoms with Crippen molar-refractivity contribution in [3.05, 3.63) is 28.8 Å². The van der Waals surface area contributed by atoms with Gasteiger partial charge in [-0.05, 0) is 56.9 Å². The Hall–Kier alpha value is -1.06. The van der Waals surface area contributed by atoms with E-state index < -0.39 is 0 Å². The number of ether oxygens (including phenoxy) is 2. The van der Waals surface area contributed by atoms with Crippen molar-refractivity contribution in [2.45, 2.75) is 45.1 Å². The molecule has 0 atom stereocenters. The largest absolute Gasteiger partial charge is 0.496 e. The predicted octanol–water partition coefficient (Wildman–Crippen LogP) is 2.71. The van der Waals surface area contributed by atoms with Gasteiger partial charge in [-0.3, -0.25) is 0 Å². The van der Waals surface area contributed by atoms with Gasteiger partial charge in [-0.2, -0.15) is 0 Å². The van der Waals surface area contributed by atoms with E-state index in [0.717, 1.165) is 25.4 Å². The average molecular weight is 263 g/mol. The summed E-state index contributed by atoms with van der Waals surface area (Å²) in [6, 6.07) is 4.23. The van der Waals surface area contributed by atoms with E-state index in [9.17, 15) is 0 Å². The van der Waals surface area contributed by atoms with Crippen molar-refractivity contribution in [3.63, 3.8) is 0 Å². The minimum absolute atomic E-state index is 0.0688. The molecule has 1 fully saturated rings. The summed E-state index contributed by atoms with van der Waals surface area (Å²) in [5.74, 6) is 0.948. The van der Waals surface area contributed by atoms with Crippen LogP contribution in [0.4, 0.5) is 0 Å². The van der Waals surface area contributed by atoms with E-state index >= 15 is 0 Å². The lowest BCUT2D eigenvalue weighted by molar-refractivity contribution is -0.0722. The third kappa shape index (κ3) is 2.63. The molecule has 2 rings (SSSR count). The first kappa shape index (κ1) is 14.4. The van der Waals surface area contributed by atoms with E-state index in [1.165, 1.54) is 16.7 Å². The van der Waals surface area contributed by atoms with Crippen LogP contribution in [0.1, 0.15) is 37.0 Å². The summed E-state index contributed by atoms with van der Waals surface area (Å²) in [4.78, 5) is 0. The first-order valence-electron chi connectivity index (χ1n) is 6.80. The average Bonchev–Trinajstić information content (AvgIpc) is 2.26. The number of methoxy groups -OCH3 is 1. The van der Waals surface area contributed by atoms with Crippen LogP contribution >= 0.6 is 0 Å². The highest BCUT2D eigenvalue weighted by Crippen LogP contribution is 2.42. The summed E-state index contributed by atoms with van der Waals surface area (Å²) in [5.41, 5.74) is 9.98. The quantitative estimate of drug-likeness (QED) is 0.908. The Balaban J connectivity index is 2.42. The fraction of sp³-hybridized carbons (Fsp3) is 0.625. The van der Waals surface area contributed by atoms with Crippen molar-refractivity contribution in [2.24, 2.45) is 5.73 Å². The van der Waals surface area contributed by atoms with Crippen molar-refractivity contribution in [1.82, 2.24) is 0 Å². The monoisotopic (exact) mass is 263 g/mol. The van der Waals surface area contributed by atoms with Crippen LogP contribution < -0.4 is 10.5 Å². The fourth-order valence-electron chi connectivity index (χ4n) is 3.16. The number of nitrogens with two attached hydrogens (primary N) is 1. The van der Waals surface area contributed by atoms with E-state index in [-0.39, 0.29) is 11.0 Å². The predicted molar refractivity (Wildman–Crippen MR) is 77.8 cm³/mol. The number of benzene rings is 1. The van der Waals surface area contributed by atoms with Gasteiger partial charge in [0.1, 0.15) is 5.75 Å². The van der Waals surface area contributed by atoms with Gasteiger partial charge in [0, 0.05) is 11.0 Å². The highest BCUT2D eigenvalue weighted by molar-refractivity contribution is 5.47. The highest BCUT2D eigenvalue weighted by Gasteiger charge is 2.44. The Morgan fingerprint density at radius 1 is 1.26 bits per heavy atom. The van der Waals surface area contributed by atoms with E-state index in [2.05, 4.69) is 39.8 Å². The molecule has 0 saturated carbocycles. The van der Waals surface area contributed by atoms with E-state index in [1.807, 2.05) is 0 Å². The first-order valence-corrected chi connectivity index (χ1v) is 6.80. The number of hydrogen-bond donors (Lipinski definition) is 1. The Bertz CT molecular complexity index is 470. The Labute approximate surface area is 116 Å². The molecule has 2 N–H and O–H groups in total. The molecule has 0 unspecified atom stereocenters. The maximum absolute atomic E-state index is 6.23. The lowest BCUT2D eigenvalue weighted by Gasteiger charge is -2.46. The summed E-state index contributed by atoms with van der Waals surface area (Å²) < 4.78 is 10.9. The summed E-state index contributed by atoms with van der Waals surface area (Å²) in [7, 11) is 1.71. The van der Waals surface area contributed by atoms with Crippen molar-refractivity contribution in [3.8, 4) is 5.75 Å². The molecule has 1 aliphatic rings. The van der Waals surface area contributed by atoms with Gasteiger partial charge in [0.25, 0.3) is 0 Å². The standard InChI is InChI=1S/C16H25NO2/c1-11-12(2)14(18-5)7-6-13(11)16(9-19-10-16)8-15(3,4)17/h6-7H,8-10,17H2,1-5H3. The van der Waals surface area contributed by atoms with Gasteiger partial charge >= 0.3 is 0 Å². The molecule has 1 aromatic rings. The van der Waals surface area contributed by atoms with E-state index in [4.69, 9.17) is 15.2 Å². The smallest absolute Gasteiger partial charge is 0.122 e. The first-order chi connectivity index (χ1) is 8.79. The summed E-state index contributed by atoms with van der Waals surface area (Å²) in [5, 5.41) is 0. The summed E-state index contributed by atoms with van der Waals surface area (Å²) in [6.07, 6.45) is 0.937. The van der Waals surface area contributed by atoms with Crippen LogP contribution in [0.25, 0.3) is 0 Å². The summed E-state index contributed by atoms with van der Waals surface area (Å²) >= 11 is 0. The Morgan fingerprint density at radius 2 is 1.89 bits per heavy atom. The van der Waals surface area contributed by atoms with Crippen LogP contribution in [0.15, 0.2) is 12.1 Å². The minimum atomic E-state index is -0.190. The van der Waals surface area contributed by atoms with Gasteiger partial charge in [-0.1, -0.05) is 6.07 Å². The zero-order valence-corrected chi connectivity index (χ0v) is 12.7. The molecule has 1 heterocycles. The SMILES string of the molecule is COc1ccc(C2(CC(C)(C)N)COC2)c(C)c1C. The number of hydrogen-bond acceptors (Lipinski definition) is 3. The van der Waals surface area contributed by atoms with Gasteiger partial charge in [-0.15, -0.1) is 0 Å². The zero-order valence-electron chi connectivity index (χ0n) is 12.7. The molecule has 0 radical (unpaired) electrons. The van der Waals surface area contributed by atoms with Crippen LogP contribution in [0, 0.1) is 13.8 Å². The molecule has 3 nitrogen and oxygen atoms in total. The van der Waals surface area contributed by atoms with Crippen molar-refractivity contribution in [1.29, 1.82) is 0 Å². The van der Waals surface area contributed by atoms with Crippen LogP contribution in [0.3, 0.4) is 0 Å². The van der Waals surface area contributed by atoms with E-state index in [0.29, 0.717) is 0 Å². The van der Waals surface area contributed by atoms with Crippen LogP contribution in [-0.4, -0.2) is 25.9 Å². The Morgan fingerprint density at radius 3 is 2.32 bits per heavy atom. The number of rotatable bonds is 4. The van der Waals surface area contributed by atoms with Crippen LogP contribution in [-0.2, 0) is 10.2 Å². The fourth-order valence-corrected chi connectivity index (χ4v) is 3.16. The molecule has 1 aromatic carbocycles. The molecule has 3 heteroatoms. The van der Waals surface area contributed by atoms with Crippen molar-refractivity contribution < 1.29 is 9.47 Å². The zero-order chi connectivity index (χ0) is 14.3.